The van der Waals surface area contributed by atoms with E-state index < -0.39 is 0 Å². The van der Waals surface area contributed by atoms with Gasteiger partial charge in [0.05, 0.1) is 13.0 Å². The molecule has 162 valence electrons. The number of nitrogens with zero attached hydrogens (tertiary/aromatic N) is 2. The molecule has 1 N–H and O–H groups in total. The Morgan fingerprint density at radius 1 is 1.03 bits per heavy atom. The second-order valence-corrected chi connectivity index (χ2v) is 8.17. The highest BCUT2D eigenvalue weighted by Gasteiger charge is 2.16. The molecule has 30 heavy (non-hydrogen) atoms. The number of ether oxygens (including phenoxy) is 1. The van der Waals surface area contributed by atoms with Crippen molar-refractivity contribution in [3.05, 3.63) is 59.2 Å². The minimum atomic E-state index is 0.0598. The van der Waals surface area contributed by atoms with Crippen LogP contribution in [0.25, 0.3) is 0 Å². The highest BCUT2D eigenvalue weighted by molar-refractivity contribution is 5.75. The van der Waals surface area contributed by atoms with Crippen LogP contribution in [-0.2, 0) is 4.79 Å². The van der Waals surface area contributed by atoms with Crippen LogP contribution >= 0.6 is 0 Å². The number of piperazine rings is 1. The number of carbonyl (C=O) groups is 1. The van der Waals surface area contributed by atoms with Gasteiger partial charge in [-0.25, -0.2) is 0 Å². The highest BCUT2D eigenvalue weighted by Crippen LogP contribution is 2.20. The maximum Gasteiger partial charge on any atom is 0.223 e. The van der Waals surface area contributed by atoms with E-state index in [4.69, 9.17) is 4.74 Å². The molecule has 1 aliphatic heterocycles. The average molecular weight is 410 g/mol. The maximum atomic E-state index is 12.1. The Balaban J connectivity index is 1.26. The summed E-state index contributed by atoms with van der Waals surface area (Å²) in [4.78, 5) is 17.0. The zero-order chi connectivity index (χ0) is 21.3. The van der Waals surface area contributed by atoms with Crippen molar-refractivity contribution in [2.75, 3.05) is 50.8 Å². The normalized spacial score (nSPS) is 14.6. The van der Waals surface area contributed by atoms with Crippen molar-refractivity contribution in [2.24, 2.45) is 0 Å². The number of carbonyl (C=O) groups excluding carboxylic acids is 1. The summed E-state index contributed by atoms with van der Waals surface area (Å²) in [5.74, 6) is 0.928. The van der Waals surface area contributed by atoms with Crippen LogP contribution in [0.15, 0.2) is 42.5 Å². The summed E-state index contributed by atoms with van der Waals surface area (Å²) in [6.07, 6.45) is 1.37. The first-order chi connectivity index (χ1) is 14.5. The van der Waals surface area contributed by atoms with Crippen LogP contribution in [0.5, 0.6) is 5.75 Å². The SMILES string of the molecule is Cc1cccc(N2CCN(CCCNC(=O)CCOc3cccc(C)c3C)CC2)c1. The molecule has 1 amide bonds. The van der Waals surface area contributed by atoms with E-state index >= 15 is 0 Å². The van der Waals surface area contributed by atoms with E-state index in [-0.39, 0.29) is 5.91 Å². The number of rotatable bonds is 9. The summed E-state index contributed by atoms with van der Waals surface area (Å²) in [6, 6.07) is 14.7. The minimum Gasteiger partial charge on any atom is -0.493 e. The van der Waals surface area contributed by atoms with Gasteiger partial charge in [-0.15, -0.1) is 0 Å². The van der Waals surface area contributed by atoms with Gasteiger partial charge in [0.1, 0.15) is 5.75 Å². The first-order valence-corrected chi connectivity index (χ1v) is 11.0. The summed E-state index contributed by atoms with van der Waals surface area (Å²) < 4.78 is 5.77. The predicted octanol–water partition coefficient (Wildman–Crippen LogP) is 3.71. The molecule has 3 rings (SSSR count). The molecular weight excluding hydrogens is 374 g/mol. The van der Waals surface area contributed by atoms with E-state index in [2.05, 4.69) is 59.3 Å². The van der Waals surface area contributed by atoms with Crippen molar-refractivity contribution < 1.29 is 9.53 Å². The van der Waals surface area contributed by atoms with Crippen LogP contribution in [0.1, 0.15) is 29.5 Å². The Morgan fingerprint density at radius 3 is 2.57 bits per heavy atom. The molecule has 0 bridgehead atoms. The van der Waals surface area contributed by atoms with Crippen molar-refractivity contribution in [1.82, 2.24) is 10.2 Å². The third-order valence-corrected chi connectivity index (χ3v) is 5.85. The van der Waals surface area contributed by atoms with Crippen molar-refractivity contribution >= 4 is 11.6 Å². The summed E-state index contributed by atoms with van der Waals surface area (Å²) in [5.41, 5.74) is 4.98. The molecule has 0 spiro atoms. The van der Waals surface area contributed by atoms with E-state index in [1.54, 1.807) is 0 Å². The van der Waals surface area contributed by atoms with Crippen molar-refractivity contribution in [2.45, 2.75) is 33.6 Å². The van der Waals surface area contributed by atoms with E-state index in [0.717, 1.165) is 57.0 Å². The molecule has 0 unspecified atom stereocenters. The van der Waals surface area contributed by atoms with Gasteiger partial charge in [0.2, 0.25) is 5.91 Å². The molecule has 0 aromatic heterocycles. The number of hydrogen-bond acceptors (Lipinski definition) is 4. The molecule has 0 saturated carbocycles. The fraction of sp³-hybridized carbons (Fsp3) is 0.480. The van der Waals surface area contributed by atoms with Gasteiger partial charge in [-0.3, -0.25) is 9.69 Å². The molecule has 0 aliphatic carbocycles. The van der Waals surface area contributed by atoms with Gasteiger partial charge >= 0.3 is 0 Å². The first-order valence-electron chi connectivity index (χ1n) is 11.0. The fourth-order valence-electron chi connectivity index (χ4n) is 3.81. The molecule has 0 radical (unpaired) electrons. The molecule has 2 aromatic carbocycles. The van der Waals surface area contributed by atoms with Gasteiger partial charge in [-0.2, -0.15) is 0 Å². The number of nitrogens with one attached hydrogen (secondary N) is 1. The summed E-state index contributed by atoms with van der Waals surface area (Å²) in [7, 11) is 0. The molecule has 1 fully saturated rings. The van der Waals surface area contributed by atoms with Gasteiger partial charge in [0.25, 0.3) is 0 Å². The van der Waals surface area contributed by atoms with Crippen molar-refractivity contribution in [3.8, 4) is 5.75 Å². The summed E-state index contributed by atoms with van der Waals surface area (Å²) in [6.45, 7) is 12.7. The van der Waals surface area contributed by atoms with Gasteiger partial charge in [-0.05, 0) is 68.6 Å². The van der Waals surface area contributed by atoms with E-state index in [1.807, 2.05) is 19.1 Å². The topological polar surface area (TPSA) is 44.8 Å². The third-order valence-electron chi connectivity index (χ3n) is 5.85. The number of hydrogen-bond donors (Lipinski definition) is 1. The van der Waals surface area contributed by atoms with Gasteiger partial charge in [-0.1, -0.05) is 24.3 Å². The molecule has 5 heteroatoms. The average Bonchev–Trinajstić information content (AvgIpc) is 2.75. The van der Waals surface area contributed by atoms with Gasteiger partial charge in [0.15, 0.2) is 0 Å². The first kappa shape index (κ1) is 22.2. The molecule has 5 nitrogen and oxygen atoms in total. The lowest BCUT2D eigenvalue weighted by atomic mass is 10.1. The molecule has 1 heterocycles. The lowest BCUT2D eigenvalue weighted by molar-refractivity contribution is -0.121. The zero-order valence-electron chi connectivity index (χ0n) is 18.6. The Hall–Kier alpha value is -2.53. The Morgan fingerprint density at radius 2 is 1.80 bits per heavy atom. The third kappa shape index (κ3) is 6.49. The largest absolute Gasteiger partial charge is 0.493 e. The zero-order valence-corrected chi connectivity index (χ0v) is 18.6. The quantitative estimate of drug-likeness (QED) is 0.642. The highest BCUT2D eigenvalue weighted by atomic mass is 16.5. The summed E-state index contributed by atoms with van der Waals surface area (Å²) in [5, 5.41) is 3.02. The smallest absolute Gasteiger partial charge is 0.223 e. The maximum absolute atomic E-state index is 12.1. The number of amides is 1. The van der Waals surface area contributed by atoms with Gasteiger partial charge < -0.3 is 15.0 Å². The van der Waals surface area contributed by atoms with Crippen molar-refractivity contribution in [1.29, 1.82) is 0 Å². The van der Waals surface area contributed by atoms with E-state index in [1.165, 1.54) is 16.8 Å². The monoisotopic (exact) mass is 409 g/mol. The number of benzene rings is 2. The summed E-state index contributed by atoms with van der Waals surface area (Å²) >= 11 is 0. The molecule has 0 atom stereocenters. The second-order valence-electron chi connectivity index (χ2n) is 8.17. The Labute approximate surface area is 181 Å². The van der Waals surface area contributed by atoms with E-state index in [9.17, 15) is 4.79 Å². The molecular formula is C25H35N3O2. The predicted molar refractivity (Wildman–Crippen MR) is 123 cm³/mol. The minimum absolute atomic E-state index is 0.0598. The second kappa shape index (κ2) is 11.0. The molecule has 2 aromatic rings. The van der Waals surface area contributed by atoms with Crippen LogP contribution in [0.4, 0.5) is 5.69 Å². The molecule has 1 aliphatic rings. The lowest BCUT2D eigenvalue weighted by Crippen LogP contribution is -2.47. The number of anilines is 1. The molecule has 1 saturated heterocycles. The van der Waals surface area contributed by atoms with Crippen LogP contribution in [0.2, 0.25) is 0 Å². The van der Waals surface area contributed by atoms with Crippen LogP contribution < -0.4 is 15.0 Å². The van der Waals surface area contributed by atoms with Crippen molar-refractivity contribution in [3.63, 3.8) is 0 Å². The Kier molecular flexibility index (Phi) is 8.14. The van der Waals surface area contributed by atoms with Crippen LogP contribution in [-0.4, -0.2) is 56.7 Å². The number of aryl methyl sites for hydroxylation is 2. The van der Waals surface area contributed by atoms with E-state index in [0.29, 0.717) is 13.0 Å². The van der Waals surface area contributed by atoms with Crippen LogP contribution in [0.3, 0.4) is 0 Å². The Bertz CT molecular complexity index is 829. The fourth-order valence-corrected chi connectivity index (χ4v) is 3.81. The lowest BCUT2D eigenvalue weighted by Gasteiger charge is -2.36. The van der Waals surface area contributed by atoms with Gasteiger partial charge in [0, 0.05) is 38.4 Å². The van der Waals surface area contributed by atoms with Crippen LogP contribution in [0, 0.1) is 20.8 Å². The standard InChI is InChI=1S/C25H35N3O2/c1-20-7-4-9-23(19-20)28-16-14-27(15-17-28)13-6-12-26-25(29)11-18-30-24-10-5-8-21(2)22(24)3/h4-5,7-10,19H,6,11-18H2,1-3H3,(H,26,29).